The molecular formula is C31H33N4O+. The molecule has 0 saturated carbocycles. The number of amides is 1. The van der Waals surface area contributed by atoms with Crippen LogP contribution in [0.3, 0.4) is 0 Å². The van der Waals surface area contributed by atoms with Crippen molar-refractivity contribution in [3.63, 3.8) is 0 Å². The molecule has 3 aromatic carbocycles. The molecule has 0 aliphatic carbocycles. The summed E-state index contributed by atoms with van der Waals surface area (Å²) in [6.45, 7) is 5.27. The van der Waals surface area contributed by atoms with Gasteiger partial charge < -0.3 is 10.2 Å². The van der Waals surface area contributed by atoms with E-state index in [0.717, 1.165) is 55.0 Å². The quantitative estimate of drug-likeness (QED) is 0.392. The third-order valence-corrected chi connectivity index (χ3v) is 6.84. The molecule has 0 atom stereocenters. The zero-order chi connectivity index (χ0) is 24.7. The Bertz CT molecular complexity index is 1300. The van der Waals surface area contributed by atoms with Crippen LogP contribution in [0, 0.1) is 6.92 Å². The van der Waals surface area contributed by atoms with E-state index < -0.39 is 0 Å². The normalized spacial score (nSPS) is 17.8. The molecular weight excluding hydrogens is 444 g/mol. The van der Waals surface area contributed by atoms with Crippen LogP contribution in [0.4, 0.5) is 0 Å². The molecule has 182 valence electrons. The number of aryl methyl sites for hydroxylation is 1. The summed E-state index contributed by atoms with van der Waals surface area (Å²) in [5.74, 6) is -0.0474. The van der Waals surface area contributed by atoms with Gasteiger partial charge in [0.05, 0.1) is 24.5 Å². The summed E-state index contributed by atoms with van der Waals surface area (Å²) < 4.78 is 1.87. The van der Waals surface area contributed by atoms with E-state index in [2.05, 4.69) is 66.8 Å². The van der Waals surface area contributed by atoms with E-state index in [-0.39, 0.29) is 11.9 Å². The SMILES string of the molecule is Cc1ccc(-c2nn(-c3ccccc3)cc2/C=C/C(=O)NC2CC[NH+](Cc3ccccc3)CC2)cc1. The maximum absolute atomic E-state index is 12.8. The number of nitrogens with zero attached hydrogens (tertiary/aromatic N) is 2. The summed E-state index contributed by atoms with van der Waals surface area (Å²) in [5, 5.41) is 8.06. The van der Waals surface area contributed by atoms with Gasteiger partial charge in [-0.1, -0.05) is 78.4 Å². The lowest BCUT2D eigenvalue weighted by Gasteiger charge is -2.29. The highest BCUT2D eigenvalue weighted by molar-refractivity contribution is 5.93. The number of quaternary nitrogens is 1. The van der Waals surface area contributed by atoms with Crippen molar-refractivity contribution in [2.45, 2.75) is 32.4 Å². The van der Waals surface area contributed by atoms with Crippen molar-refractivity contribution in [3.8, 4) is 16.9 Å². The summed E-state index contributed by atoms with van der Waals surface area (Å²) in [5.41, 5.74) is 6.37. The second kappa shape index (κ2) is 11.2. The van der Waals surface area contributed by atoms with E-state index in [9.17, 15) is 4.79 Å². The Morgan fingerprint density at radius 2 is 1.64 bits per heavy atom. The number of hydrogen-bond donors (Lipinski definition) is 2. The van der Waals surface area contributed by atoms with Gasteiger partial charge in [0.2, 0.25) is 5.91 Å². The number of carbonyl (C=O) groups excluding carboxylic acids is 1. The summed E-state index contributed by atoms with van der Waals surface area (Å²) in [6, 6.07) is 29.2. The van der Waals surface area contributed by atoms with Crippen LogP contribution in [0.1, 0.15) is 29.5 Å². The molecule has 2 heterocycles. The number of para-hydroxylation sites is 1. The molecule has 2 N–H and O–H groups in total. The van der Waals surface area contributed by atoms with Gasteiger partial charge in [0.15, 0.2) is 0 Å². The van der Waals surface area contributed by atoms with E-state index >= 15 is 0 Å². The first-order valence-corrected chi connectivity index (χ1v) is 12.7. The average Bonchev–Trinajstić information content (AvgIpc) is 3.34. The summed E-state index contributed by atoms with van der Waals surface area (Å²) in [7, 11) is 0. The Morgan fingerprint density at radius 1 is 0.972 bits per heavy atom. The predicted molar refractivity (Wildman–Crippen MR) is 145 cm³/mol. The lowest BCUT2D eigenvalue weighted by Crippen LogP contribution is -3.12. The van der Waals surface area contributed by atoms with Crippen LogP contribution in [0.15, 0.2) is 97.2 Å². The molecule has 5 rings (SSSR count). The lowest BCUT2D eigenvalue weighted by atomic mass is 10.0. The standard InChI is InChI=1S/C31H32N4O/c1-24-12-14-26(15-13-24)31-27(23-35(33-31)29-10-6-3-7-11-29)16-17-30(36)32-28-18-20-34(21-19-28)22-25-8-4-2-5-9-25/h2-17,23,28H,18-22H2,1H3,(H,32,36)/p+1/b17-16+. The minimum absolute atomic E-state index is 0.0474. The van der Waals surface area contributed by atoms with Gasteiger partial charge in [0.1, 0.15) is 6.54 Å². The van der Waals surface area contributed by atoms with Gasteiger partial charge >= 0.3 is 0 Å². The van der Waals surface area contributed by atoms with E-state index in [0.29, 0.717) is 0 Å². The zero-order valence-corrected chi connectivity index (χ0v) is 20.7. The molecule has 1 aliphatic heterocycles. The number of piperidine rings is 1. The Balaban J connectivity index is 1.24. The van der Waals surface area contributed by atoms with Crippen LogP contribution in [0.5, 0.6) is 0 Å². The molecule has 1 amide bonds. The van der Waals surface area contributed by atoms with Gasteiger partial charge in [0, 0.05) is 47.8 Å². The fraction of sp³-hybridized carbons (Fsp3) is 0.226. The monoisotopic (exact) mass is 477 g/mol. The molecule has 0 radical (unpaired) electrons. The summed E-state index contributed by atoms with van der Waals surface area (Å²) in [6.07, 6.45) is 7.52. The highest BCUT2D eigenvalue weighted by Gasteiger charge is 2.23. The number of likely N-dealkylation sites (tertiary alicyclic amines) is 1. The first-order chi connectivity index (χ1) is 17.6. The highest BCUT2D eigenvalue weighted by Crippen LogP contribution is 2.25. The maximum atomic E-state index is 12.8. The van der Waals surface area contributed by atoms with Crippen LogP contribution in [-0.4, -0.2) is 34.8 Å². The van der Waals surface area contributed by atoms with Crippen LogP contribution in [0.2, 0.25) is 0 Å². The second-order valence-electron chi connectivity index (χ2n) is 9.61. The lowest BCUT2D eigenvalue weighted by molar-refractivity contribution is -0.918. The first kappa shape index (κ1) is 23.8. The number of aromatic nitrogens is 2. The van der Waals surface area contributed by atoms with Gasteiger partial charge in [-0.3, -0.25) is 4.79 Å². The molecule has 1 saturated heterocycles. The Labute approximate surface area is 213 Å². The van der Waals surface area contributed by atoms with Crippen LogP contribution >= 0.6 is 0 Å². The molecule has 1 fully saturated rings. The number of carbonyl (C=O) groups is 1. The van der Waals surface area contributed by atoms with Gasteiger partial charge in [-0.2, -0.15) is 5.10 Å². The number of hydrogen-bond acceptors (Lipinski definition) is 2. The van der Waals surface area contributed by atoms with Crippen molar-refractivity contribution in [1.29, 1.82) is 0 Å². The zero-order valence-electron chi connectivity index (χ0n) is 20.7. The van der Waals surface area contributed by atoms with E-state index in [1.807, 2.05) is 47.3 Å². The molecule has 0 unspecified atom stereocenters. The van der Waals surface area contributed by atoms with Gasteiger partial charge in [-0.15, -0.1) is 0 Å². The van der Waals surface area contributed by atoms with E-state index in [1.165, 1.54) is 11.1 Å². The van der Waals surface area contributed by atoms with Crippen molar-refractivity contribution in [3.05, 3.63) is 114 Å². The van der Waals surface area contributed by atoms with Gasteiger partial charge in [-0.25, -0.2) is 4.68 Å². The van der Waals surface area contributed by atoms with Gasteiger partial charge in [-0.05, 0) is 25.1 Å². The third-order valence-electron chi connectivity index (χ3n) is 6.84. The largest absolute Gasteiger partial charge is 0.349 e. The van der Waals surface area contributed by atoms with E-state index in [4.69, 9.17) is 5.10 Å². The fourth-order valence-electron chi connectivity index (χ4n) is 4.80. The fourth-order valence-corrected chi connectivity index (χ4v) is 4.80. The molecule has 4 aromatic rings. The molecule has 1 aromatic heterocycles. The molecule has 5 nitrogen and oxygen atoms in total. The molecule has 0 bridgehead atoms. The Kier molecular flexibility index (Phi) is 7.39. The smallest absolute Gasteiger partial charge is 0.244 e. The number of benzene rings is 3. The summed E-state index contributed by atoms with van der Waals surface area (Å²) >= 11 is 0. The molecule has 36 heavy (non-hydrogen) atoms. The van der Waals surface area contributed by atoms with E-state index in [1.54, 1.807) is 11.0 Å². The number of rotatable bonds is 7. The highest BCUT2D eigenvalue weighted by atomic mass is 16.1. The minimum atomic E-state index is -0.0474. The minimum Gasteiger partial charge on any atom is -0.349 e. The Hall–Kier alpha value is -3.96. The van der Waals surface area contributed by atoms with Crippen LogP contribution in [0.25, 0.3) is 23.0 Å². The predicted octanol–water partition coefficient (Wildman–Crippen LogP) is 4.22. The molecule has 0 spiro atoms. The van der Waals surface area contributed by atoms with Crippen molar-refractivity contribution in [2.24, 2.45) is 0 Å². The number of nitrogens with one attached hydrogen (secondary N) is 2. The average molecular weight is 478 g/mol. The Morgan fingerprint density at radius 3 is 2.33 bits per heavy atom. The van der Waals surface area contributed by atoms with Gasteiger partial charge in [0.25, 0.3) is 0 Å². The first-order valence-electron chi connectivity index (χ1n) is 12.7. The topological polar surface area (TPSA) is 51.4 Å². The van der Waals surface area contributed by atoms with Crippen molar-refractivity contribution < 1.29 is 9.69 Å². The molecule has 1 aliphatic rings. The second-order valence-corrected chi connectivity index (χ2v) is 9.61. The van der Waals surface area contributed by atoms with Crippen molar-refractivity contribution >= 4 is 12.0 Å². The van der Waals surface area contributed by atoms with Crippen molar-refractivity contribution in [1.82, 2.24) is 15.1 Å². The van der Waals surface area contributed by atoms with Crippen LogP contribution in [-0.2, 0) is 11.3 Å². The van der Waals surface area contributed by atoms with Crippen LogP contribution < -0.4 is 10.2 Å². The molecule has 5 heteroatoms. The third kappa shape index (κ3) is 5.99. The van der Waals surface area contributed by atoms with Crippen molar-refractivity contribution in [2.75, 3.05) is 13.1 Å². The summed E-state index contributed by atoms with van der Waals surface area (Å²) in [4.78, 5) is 14.4. The maximum Gasteiger partial charge on any atom is 0.244 e.